The molecule has 2 aromatic carbocycles. The zero-order valence-corrected chi connectivity index (χ0v) is 23.2. The molecule has 0 spiro atoms. The van der Waals surface area contributed by atoms with Crippen molar-refractivity contribution < 1.29 is 14.6 Å². The topological polar surface area (TPSA) is 87.2 Å². The van der Waals surface area contributed by atoms with Gasteiger partial charge in [-0.2, -0.15) is 0 Å². The quantitative estimate of drug-likeness (QED) is 0.313. The van der Waals surface area contributed by atoms with Crippen LogP contribution in [0, 0.1) is 12.8 Å². The van der Waals surface area contributed by atoms with Crippen molar-refractivity contribution in [2.24, 2.45) is 13.0 Å². The minimum atomic E-state index is -1.09. The van der Waals surface area contributed by atoms with E-state index in [1.165, 1.54) is 5.56 Å². The summed E-state index contributed by atoms with van der Waals surface area (Å²) in [5, 5.41) is 20.6. The van der Waals surface area contributed by atoms with Gasteiger partial charge in [0.1, 0.15) is 5.75 Å². The molecule has 5 aromatic rings. The van der Waals surface area contributed by atoms with E-state index in [2.05, 4.69) is 57.3 Å². The van der Waals surface area contributed by atoms with Crippen LogP contribution in [0.3, 0.4) is 0 Å². The van der Waals surface area contributed by atoms with E-state index in [9.17, 15) is 5.11 Å². The minimum Gasteiger partial charge on any atom is -0.494 e. The zero-order valence-electron chi connectivity index (χ0n) is 23.2. The average molecular weight is 526 g/mol. The molecule has 1 aliphatic heterocycles. The van der Waals surface area contributed by atoms with Gasteiger partial charge in [0.05, 0.1) is 46.7 Å². The molecule has 8 heteroatoms. The summed E-state index contributed by atoms with van der Waals surface area (Å²) < 4.78 is 16.1. The third kappa shape index (κ3) is 4.28. The number of benzene rings is 2. The maximum Gasteiger partial charge on any atom is 0.149 e. The zero-order chi connectivity index (χ0) is 27.3. The van der Waals surface area contributed by atoms with E-state index in [0.29, 0.717) is 11.7 Å². The molecule has 202 valence electrons. The molecule has 1 aliphatic rings. The van der Waals surface area contributed by atoms with Gasteiger partial charge in [-0.15, -0.1) is 5.10 Å². The highest BCUT2D eigenvalue weighted by molar-refractivity contribution is 6.09. The molecule has 1 atom stereocenters. The Labute approximate surface area is 228 Å². The lowest BCUT2D eigenvalue weighted by atomic mass is 9.86. The van der Waals surface area contributed by atoms with Crippen molar-refractivity contribution >= 4 is 21.9 Å². The predicted molar refractivity (Wildman–Crippen MR) is 152 cm³/mol. The fraction of sp³-hybridized carbons (Fsp3) is 0.387. The lowest BCUT2D eigenvalue weighted by Gasteiger charge is -2.33. The largest absolute Gasteiger partial charge is 0.494 e. The number of ether oxygens (including phenoxy) is 2. The summed E-state index contributed by atoms with van der Waals surface area (Å²) in [5.74, 6) is 1.02. The van der Waals surface area contributed by atoms with Gasteiger partial charge < -0.3 is 19.1 Å². The van der Waals surface area contributed by atoms with Crippen LogP contribution < -0.4 is 4.74 Å². The first-order valence-corrected chi connectivity index (χ1v) is 13.5. The number of methoxy groups -OCH3 is 1. The first-order chi connectivity index (χ1) is 18.8. The average Bonchev–Trinajstić information content (AvgIpc) is 3.45. The van der Waals surface area contributed by atoms with E-state index in [1.54, 1.807) is 25.6 Å². The molecule has 0 saturated carbocycles. The minimum absolute atomic E-state index is 0.0175. The van der Waals surface area contributed by atoms with Gasteiger partial charge in [0, 0.05) is 43.0 Å². The second-order valence-corrected chi connectivity index (χ2v) is 11.0. The highest BCUT2D eigenvalue weighted by Crippen LogP contribution is 2.46. The van der Waals surface area contributed by atoms with Crippen LogP contribution in [0.15, 0.2) is 54.7 Å². The van der Waals surface area contributed by atoms with Crippen LogP contribution in [0.4, 0.5) is 0 Å². The SMILES string of the molecule is COc1c(C(C)(C)O)ccc2c3ncc(-c4c(C)nnn4C)cc3n(C(c3ccccc3)C3CCOCC3)c12. The van der Waals surface area contributed by atoms with Gasteiger partial charge in [0.15, 0.2) is 0 Å². The summed E-state index contributed by atoms with van der Waals surface area (Å²) in [5.41, 5.74) is 6.48. The maximum atomic E-state index is 11.1. The van der Waals surface area contributed by atoms with Gasteiger partial charge in [-0.25, -0.2) is 4.68 Å². The van der Waals surface area contributed by atoms with Crippen molar-refractivity contribution in [2.75, 3.05) is 20.3 Å². The molecule has 0 radical (unpaired) electrons. The maximum absolute atomic E-state index is 11.1. The highest BCUT2D eigenvalue weighted by Gasteiger charge is 2.33. The molecule has 1 fully saturated rings. The second-order valence-electron chi connectivity index (χ2n) is 11.0. The lowest BCUT2D eigenvalue weighted by Crippen LogP contribution is -2.27. The molecule has 39 heavy (non-hydrogen) atoms. The number of fused-ring (bicyclic) bond motifs is 3. The van der Waals surface area contributed by atoms with Crippen molar-refractivity contribution in [3.8, 4) is 17.0 Å². The van der Waals surface area contributed by atoms with E-state index in [-0.39, 0.29) is 6.04 Å². The first-order valence-electron chi connectivity index (χ1n) is 13.5. The molecule has 1 N–H and O–H groups in total. The third-order valence-corrected chi connectivity index (χ3v) is 8.02. The van der Waals surface area contributed by atoms with Gasteiger partial charge in [-0.05, 0) is 57.2 Å². The van der Waals surface area contributed by atoms with E-state index < -0.39 is 5.60 Å². The predicted octanol–water partition coefficient (Wildman–Crippen LogP) is 5.55. The third-order valence-electron chi connectivity index (χ3n) is 8.02. The Morgan fingerprint density at radius 1 is 1.10 bits per heavy atom. The summed E-state index contributed by atoms with van der Waals surface area (Å²) in [4.78, 5) is 5.02. The molecule has 0 aliphatic carbocycles. The van der Waals surface area contributed by atoms with E-state index in [1.807, 2.05) is 26.2 Å². The number of rotatable bonds is 6. The number of pyridine rings is 1. The summed E-state index contributed by atoms with van der Waals surface area (Å²) in [6.45, 7) is 7.04. The fourth-order valence-electron chi connectivity index (χ4n) is 6.24. The van der Waals surface area contributed by atoms with E-state index in [4.69, 9.17) is 14.5 Å². The van der Waals surface area contributed by atoms with Gasteiger partial charge in [0.2, 0.25) is 0 Å². The monoisotopic (exact) mass is 525 g/mol. The smallest absolute Gasteiger partial charge is 0.149 e. The van der Waals surface area contributed by atoms with Crippen molar-refractivity contribution in [1.82, 2.24) is 24.5 Å². The van der Waals surface area contributed by atoms with Gasteiger partial charge in [0.25, 0.3) is 0 Å². The second kappa shape index (κ2) is 9.77. The number of aliphatic hydroxyl groups is 1. The van der Waals surface area contributed by atoms with Crippen molar-refractivity contribution in [1.29, 1.82) is 0 Å². The molecule has 0 amide bonds. The molecule has 4 heterocycles. The molecule has 6 rings (SSSR count). The van der Waals surface area contributed by atoms with Crippen LogP contribution in [0.2, 0.25) is 0 Å². The Morgan fingerprint density at radius 3 is 2.49 bits per heavy atom. The van der Waals surface area contributed by atoms with Gasteiger partial charge in [-0.3, -0.25) is 4.98 Å². The molecular formula is C31H35N5O3. The lowest BCUT2D eigenvalue weighted by molar-refractivity contribution is 0.0552. The Bertz CT molecular complexity index is 1620. The molecule has 8 nitrogen and oxygen atoms in total. The van der Waals surface area contributed by atoms with Crippen LogP contribution in [-0.2, 0) is 17.4 Å². The van der Waals surface area contributed by atoms with Gasteiger partial charge in [-0.1, -0.05) is 41.6 Å². The van der Waals surface area contributed by atoms with Crippen LogP contribution in [-0.4, -0.2) is 50.0 Å². The molecule has 0 bridgehead atoms. The van der Waals surface area contributed by atoms with Crippen LogP contribution in [0.1, 0.15) is 49.6 Å². The highest BCUT2D eigenvalue weighted by atomic mass is 16.5. The first kappa shape index (κ1) is 25.5. The normalized spacial score (nSPS) is 15.7. The Balaban J connectivity index is 1.75. The van der Waals surface area contributed by atoms with Crippen LogP contribution >= 0.6 is 0 Å². The summed E-state index contributed by atoms with van der Waals surface area (Å²) in [6, 6.07) is 16.9. The number of hydrogen-bond acceptors (Lipinski definition) is 6. The number of aromatic nitrogens is 5. The number of hydrogen-bond donors (Lipinski definition) is 1. The van der Waals surface area contributed by atoms with E-state index in [0.717, 1.165) is 70.5 Å². The fourth-order valence-corrected chi connectivity index (χ4v) is 6.24. The molecular weight excluding hydrogens is 490 g/mol. The Morgan fingerprint density at radius 2 is 1.85 bits per heavy atom. The van der Waals surface area contributed by atoms with Crippen molar-refractivity contribution in [3.05, 3.63) is 71.5 Å². The van der Waals surface area contributed by atoms with E-state index >= 15 is 0 Å². The Hall–Kier alpha value is -3.75. The summed E-state index contributed by atoms with van der Waals surface area (Å²) >= 11 is 0. The Kier molecular flexibility index (Phi) is 6.40. The number of nitrogens with zero attached hydrogens (tertiary/aromatic N) is 5. The van der Waals surface area contributed by atoms with Crippen LogP contribution in [0.25, 0.3) is 33.2 Å². The molecule has 3 aromatic heterocycles. The van der Waals surface area contributed by atoms with Crippen molar-refractivity contribution in [3.63, 3.8) is 0 Å². The number of aryl methyl sites for hydroxylation is 2. The summed E-state index contributed by atoms with van der Waals surface area (Å²) in [6.07, 6.45) is 3.80. The molecule has 1 unspecified atom stereocenters. The standard InChI is InChI=1S/C31H35N5O3/c1-19-27(35(4)34-33-19)22-17-25-26(32-18-22)23-11-12-24(31(2,3)37)30(38-5)29(23)36(25)28(20-9-7-6-8-10-20)21-13-15-39-16-14-21/h6-12,17-18,21,28,37H,13-16H2,1-5H3. The molecule has 1 saturated heterocycles. The van der Waals surface area contributed by atoms with Crippen molar-refractivity contribution in [2.45, 2.75) is 45.3 Å². The van der Waals surface area contributed by atoms with Crippen LogP contribution in [0.5, 0.6) is 5.75 Å². The summed E-state index contributed by atoms with van der Waals surface area (Å²) in [7, 11) is 3.59. The van der Waals surface area contributed by atoms with Gasteiger partial charge >= 0.3 is 0 Å².